The van der Waals surface area contributed by atoms with Crippen molar-refractivity contribution >= 4 is 0 Å². The van der Waals surface area contributed by atoms with Gasteiger partial charge in [-0.2, -0.15) is 0 Å². The lowest BCUT2D eigenvalue weighted by atomic mass is 10.0. The number of piperidine rings is 1. The van der Waals surface area contributed by atoms with E-state index in [0.717, 1.165) is 26.3 Å². The van der Waals surface area contributed by atoms with E-state index >= 15 is 0 Å². The highest BCUT2D eigenvalue weighted by atomic mass is 16.7. The standard InChI is InChI=1S/C16H24N2O2.C4H9NO2/c1-2-4-14(5-3-1)13-18-8-6-15(7-9-18)17-12-16-19-10-11-20-16;5-3-4-6-1-2-7-4/h1-5,15-17H,6-13H2;4H,1-3,5H2. The van der Waals surface area contributed by atoms with Crippen LogP contribution in [0.3, 0.4) is 0 Å². The molecular weight excluding hydrogens is 346 g/mol. The summed E-state index contributed by atoms with van der Waals surface area (Å²) in [5.74, 6) is 0. The quantitative estimate of drug-likeness (QED) is 0.761. The van der Waals surface area contributed by atoms with Crippen molar-refractivity contribution in [3.05, 3.63) is 35.9 Å². The summed E-state index contributed by atoms with van der Waals surface area (Å²) in [6, 6.07) is 11.3. The van der Waals surface area contributed by atoms with E-state index in [1.54, 1.807) is 0 Å². The Morgan fingerprint density at radius 2 is 1.48 bits per heavy atom. The van der Waals surface area contributed by atoms with Gasteiger partial charge >= 0.3 is 0 Å². The van der Waals surface area contributed by atoms with Crippen molar-refractivity contribution in [1.82, 2.24) is 10.2 Å². The largest absolute Gasteiger partial charge is 0.349 e. The molecular formula is C20H33N3O4. The van der Waals surface area contributed by atoms with Crippen LogP contribution in [0.4, 0.5) is 0 Å². The lowest BCUT2D eigenvalue weighted by Crippen LogP contribution is -2.44. The third-order valence-electron chi connectivity index (χ3n) is 4.98. The normalized spacial score (nSPS) is 22.7. The second kappa shape index (κ2) is 11.7. The van der Waals surface area contributed by atoms with Crippen LogP contribution in [-0.4, -0.2) is 76.1 Å². The average Bonchev–Trinajstić information content (AvgIpc) is 3.43. The summed E-state index contributed by atoms with van der Waals surface area (Å²) in [4.78, 5) is 2.54. The van der Waals surface area contributed by atoms with Crippen molar-refractivity contribution < 1.29 is 18.9 Å². The molecule has 0 amide bonds. The molecule has 3 heterocycles. The second-order valence-electron chi connectivity index (χ2n) is 7.02. The number of hydrogen-bond donors (Lipinski definition) is 2. The maximum atomic E-state index is 5.45. The maximum absolute atomic E-state index is 5.45. The van der Waals surface area contributed by atoms with Gasteiger partial charge in [0.05, 0.1) is 26.4 Å². The number of ether oxygens (including phenoxy) is 4. The van der Waals surface area contributed by atoms with Gasteiger partial charge in [-0.25, -0.2) is 0 Å². The molecule has 0 unspecified atom stereocenters. The molecule has 1 aromatic carbocycles. The first-order valence-corrected chi connectivity index (χ1v) is 9.99. The molecule has 0 aromatic heterocycles. The van der Waals surface area contributed by atoms with Crippen molar-refractivity contribution in [3.8, 4) is 0 Å². The SMILES string of the molecule is NCC1OCCO1.c1ccc(CN2CCC(NCC3OCCO3)CC2)cc1. The number of benzene rings is 1. The van der Waals surface area contributed by atoms with E-state index in [0.29, 0.717) is 25.8 Å². The zero-order chi connectivity index (χ0) is 18.7. The number of rotatable bonds is 6. The molecule has 0 radical (unpaired) electrons. The molecule has 3 aliphatic rings. The average molecular weight is 380 g/mol. The van der Waals surface area contributed by atoms with Gasteiger partial charge < -0.3 is 30.0 Å². The first-order chi connectivity index (χ1) is 13.3. The Bertz CT molecular complexity index is 499. The third kappa shape index (κ3) is 7.46. The zero-order valence-corrected chi connectivity index (χ0v) is 16.1. The highest BCUT2D eigenvalue weighted by Gasteiger charge is 2.21. The van der Waals surface area contributed by atoms with Crippen molar-refractivity contribution in [2.75, 3.05) is 52.6 Å². The first-order valence-electron chi connectivity index (χ1n) is 9.99. The van der Waals surface area contributed by atoms with Gasteiger partial charge in [-0.3, -0.25) is 4.90 Å². The summed E-state index contributed by atoms with van der Waals surface area (Å²) < 4.78 is 20.8. The van der Waals surface area contributed by atoms with Crippen molar-refractivity contribution in [2.24, 2.45) is 5.73 Å². The van der Waals surface area contributed by atoms with Gasteiger partial charge in [-0.15, -0.1) is 0 Å². The minimum Gasteiger partial charge on any atom is -0.349 e. The molecule has 0 bridgehead atoms. The first kappa shape index (κ1) is 20.7. The number of likely N-dealkylation sites (tertiary alicyclic amines) is 1. The van der Waals surface area contributed by atoms with Crippen LogP contribution < -0.4 is 11.1 Å². The molecule has 3 fully saturated rings. The predicted octanol–water partition coefficient (Wildman–Crippen LogP) is 0.932. The van der Waals surface area contributed by atoms with E-state index in [1.807, 2.05) is 0 Å². The van der Waals surface area contributed by atoms with E-state index in [1.165, 1.54) is 31.5 Å². The number of nitrogens with zero attached hydrogens (tertiary/aromatic N) is 1. The minimum absolute atomic E-state index is 0.0302. The summed E-state index contributed by atoms with van der Waals surface area (Å²) in [7, 11) is 0. The van der Waals surface area contributed by atoms with E-state index in [-0.39, 0.29) is 12.6 Å². The Morgan fingerprint density at radius 3 is 2.04 bits per heavy atom. The highest BCUT2D eigenvalue weighted by molar-refractivity contribution is 5.14. The van der Waals surface area contributed by atoms with Crippen LogP contribution in [0.1, 0.15) is 18.4 Å². The van der Waals surface area contributed by atoms with Crippen LogP contribution in [0.2, 0.25) is 0 Å². The summed E-state index contributed by atoms with van der Waals surface area (Å²) in [6.45, 7) is 7.57. The summed E-state index contributed by atoms with van der Waals surface area (Å²) in [5.41, 5.74) is 6.59. The molecule has 7 heteroatoms. The molecule has 7 nitrogen and oxygen atoms in total. The van der Waals surface area contributed by atoms with Crippen LogP contribution in [0.15, 0.2) is 30.3 Å². The van der Waals surface area contributed by atoms with Gasteiger partial charge in [0.25, 0.3) is 0 Å². The lowest BCUT2D eigenvalue weighted by molar-refractivity contribution is -0.0417. The molecule has 152 valence electrons. The van der Waals surface area contributed by atoms with Crippen LogP contribution in [0, 0.1) is 0 Å². The summed E-state index contributed by atoms with van der Waals surface area (Å²) >= 11 is 0. The van der Waals surface area contributed by atoms with Crippen LogP contribution >= 0.6 is 0 Å². The Morgan fingerprint density at radius 1 is 0.889 bits per heavy atom. The predicted molar refractivity (Wildman–Crippen MR) is 103 cm³/mol. The number of hydrogen-bond acceptors (Lipinski definition) is 7. The highest BCUT2D eigenvalue weighted by Crippen LogP contribution is 2.14. The van der Waals surface area contributed by atoms with Crippen LogP contribution in [0.25, 0.3) is 0 Å². The smallest absolute Gasteiger partial charge is 0.170 e. The van der Waals surface area contributed by atoms with Crippen molar-refractivity contribution in [2.45, 2.75) is 38.0 Å². The van der Waals surface area contributed by atoms with E-state index < -0.39 is 0 Å². The van der Waals surface area contributed by atoms with Crippen LogP contribution in [0.5, 0.6) is 0 Å². The van der Waals surface area contributed by atoms with Gasteiger partial charge in [0.2, 0.25) is 0 Å². The Kier molecular flexibility index (Phi) is 8.96. The van der Waals surface area contributed by atoms with Gasteiger partial charge in [0.15, 0.2) is 12.6 Å². The summed E-state index contributed by atoms with van der Waals surface area (Å²) in [5, 5.41) is 3.57. The zero-order valence-electron chi connectivity index (χ0n) is 16.1. The van der Waals surface area contributed by atoms with E-state index in [9.17, 15) is 0 Å². The molecule has 1 aromatic rings. The molecule has 0 spiro atoms. The topological polar surface area (TPSA) is 78.2 Å². The fourth-order valence-electron chi connectivity index (χ4n) is 3.47. The molecule has 3 aliphatic heterocycles. The maximum Gasteiger partial charge on any atom is 0.170 e. The third-order valence-corrected chi connectivity index (χ3v) is 4.98. The Balaban J connectivity index is 0.000000253. The molecule has 27 heavy (non-hydrogen) atoms. The fraction of sp³-hybridized carbons (Fsp3) is 0.700. The molecule has 3 N–H and O–H groups in total. The van der Waals surface area contributed by atoms with E-state index in [4.69, 9.17) is 24.7 Å². The monoisotopic (exact) mass is 379 g/mol. The number of nitrogens with two attached hydrogens (primary N) is 1. The Labute approximate surface area is 162 Å². The minimum atomic E-state index is -0.125. The fourth-order valence-corrected chi connectivity index (χ4v) is 3.47. The van der Waals surface area contributed by atoms with Crippen molar-refractivity contribution in [1.29, 1.82) is 0 Å². The van der Waals surface area contributed by atoms with Gasteiger partial charge in [-0.1, -0.05) is 30.3 Å². The molecule has 0 aliphatic carbocycles. The van der Waals surface area contributed by atoms with Gasteiger partial charge in [0, 0.05) is 25.7 Å². The van der Waals surface area contributed by atoms with Gasteiger partial charge in [-0.05, 0) is 31.5 Å². The lowest BCUT2D eigenvalue weighted by Gasteiger charge is -2.32. The molecule has 3 saturated heterocycles. The van der Waals surface area contributed by atoms with Gasteiger partial charge in [0.1, 0.15) is 0 Å². The molecule has 0 saturated carbocycles. The van der Waals surface area contributed by atoms with E-state index in [2.05, 4.69) is 40.5 Å². The van der Waals surface area contributed by atoms with Crippen molar-refractivity contribution in [3.63, 3.8) is 0 Å². The Hall–Kier alpha value is -1.06. The number of nitrogens with one attached hydrogen (secondary N) is 1. The second-order valence-corrected chi connectivity index (χ2v) is 7.02. The summed E-state index contributed by atoms with van der Waals surface area (Å²) in [6.07, 6.45) is 2.26. The molecule has 4 rings (SSSR count). The van der Waals surface area contributed by atoms with Crippen LogP contribution in [-0.2, 0) is 25.5 Å². The molecule has 0 atom stereocenters.